The van der Waals surface area contributed by atoms with E-state index in [1.807, 2.05) is 19.1 Å². The Morgan fingerprint density at radius 1 is 1.00 bits per heavy atom. The van der Waals surface area contributed by atoms with Crippen LogP contribution in [-0.4, -0.2) is 4.98 Å². The highest BCUT2D eigenvalue weighted by Crippen LogP contribution is 2.40. The lowest BCUT2D eigenvalue weighted by Gasteiger charge is -2.02. The van der Waals surface area contributed by atoms with Gasteiger partial charge in [-0.15, -0.1) is 22.7 Å². The SMILES string of the molecule is Cc1nc(-c2sccc2C)c(-c2ccc(F)cc2)s1. The van der Waals surface area contributed by atoms with Gasteiger partial charge in [-0.2, -0.15) is 0 Å². The van der Waals surface area contributed by atoms with Crippen LogP contribution in [0, 0.1) is 19.7 Å². The number of thiazole rings is 1. The maximum atomic E-state index is 13.0. The summed E-state index contributed by atoms with van der Waals surface area (Å²) in [4.78, 5) is 6.96. The molecule has 2 heterocycles. The topological polar surface area (TPSA) is 12.9 Å². The van der Waals surface area contributed by atoms with Crippen molar-refractivity contribution in [3.63, 3.8) is 0 Å². The van der Waals surface area contributed by atoms with Crippen LogP contribution in [0.2, 0.25) is 0 Å². The van der Waals surface area contributed by atoms with Crippen molar-refractivity contribution in [1.82, 2.24) is 4.98 Å². The minimum atomic E-state index is -0.209. The second-order valence-electron chi connectivity index (χ2n) is 4.35. The Bertz CT molecular complexity index is 710. The number of halogens is 1. The minimum absolute atomic E-state index is 0.209. The average Bonchev–Trinajstić information content (AvgIpc) is 2.96. The molecule has 0 atom stereocenters. The monoisotopic (exact) mass is 289 g/mol. The molecule has 1 aromatic carbocycles. The summed E-state index contributed by atoms with van der Waals surface area (Å²) in [6, 6.07) is 8.72. The Morgan fingerprint density at radius 3 is 2.37 bits per heavy atom. The molecule has 0 radical (unpaired) electrons. The third-order valence-electron chi connectivity index (χ3n) is 2.92. The Labute approximate surface area is 119 Å². The van der Waals surface area contributed by atoms with Crippen molar-refractivity contribution in [2.45, 2.75) is 13.8 Å². The van der Waals surface area contributed by atoms with Gasteiger partial charge in [-0.1, -0.05) is 12.1 Å². The molecule has 0 saturated heterocycles. The number of nitrogens with zero attached hydrogens (tertiary/aromatic N) is 1. The van der Waals surface area contributed by atoms with E-state index in [-0.39, 0.29) is 5.82 Å². The molecule has 0 amide bonds. The number of aryl methyl sites for hydroxylation is 2. The number of hydrogen-bond donors (Lipinski definition) is 0. The number of thiophene rings is 1. The standard InChI is InChI=1S/C15H12FNS2/c1-9-7-8-18-14(9)13-15(19-10(2)17-13)11-3-5-12(16)6-4-11/h3-8H,1-2H3. The van der Waals surface area contributed by atoms with E-state index in [9.17, 15) is 4.39 Å². The van der Waals surface area contributed by atoms with Gasteiger partial charge >= 0.3 is 0 Å². The molecule has 3 aromatic rings. The van der Waals surface area contributed by atoms with E-state index in [0.29, 0.717) is 0 Å². The lowest BCUT2D eigenvalue weighted by atomic mass is 10.1. The molecule has 0 spiro atoms. The third kappa shape index (κ3) is 2.33. The highest BCUT2D eigenvalue weighted by Gasteiger charge is 2.15. The maximum Gasteiger partial charge on any atom is 0.123 e. The first-order valence-electron chi connectivity index (χ1n) is 5.93. The molecular formula is C15H12FNS2. The first kappa shape index (κ1) is 12.5. The summed E-state index contributed by atoms with van der Waals surface area (Å²) in [7, 11) is 0. The van der Waals surface area contributed by atoms with Gasteiger partial charge in [0.25, 0.3) is 0 Å². The number of benzene rings is 1. The van der Waals surface area contributed by atoms with Gasteiger partial charge in [0.05, 0.1) is 20.5 Å². The van der Waals surface area contributed by atoms with Crippen molar-refractivity contribution in [3.8, 4) is 21.0 Å². The summed E-state index contributed by atoms with van der Waals surface area (Å²) in [5, 5.41) is 3.11. The molecule has 0 N–H and O–H groups in total. The van der Waals surface area contributed by atoms with E-state index >= 15 is 0 Å². The largest absolute Gasteiger partial charge is 0.240 e. The van der Waals surface area contributed by atoms with Crippen molar-refractivity contribution in [2.24, 2.45) is 0 Å². The van der Waals surface area contributed by atoms with Crippen LogP contribution < -0.4 is 0 Å². The van der Waals surface area contributed by atoms with Crippen molar-refractivity contribution < 1.29 is 4.39 Å². The highest BCUT2D eigenvalue weighted by atomic mass is 32.1. The van der Waals surface area contributed by atoms with Crippen LogP contribution in [0.4, 0.5) is 4.39 Å². The van der Waals surface area contributed by atoms with E-state index < -0.39 is 0 Å². The summed E-state index contributed by atoms with van der Waals surface area (Å²) in [6.07, 6.45) is 0. The van der Waals surface area contributed by atoms with E-state index in [1.54, 1.807) is 22.7 Å². The fourth-order valence-corrected chi connectivity index (χ4v) is 3.91. The molecule has 96 valence electrons. The lowest BCUT2D eigenvalue weighted by molar-refractivity contribution is 0.628. The summed E-state index contributed by atoms with van der Waals surface area (Å²) < 4.78 is 13.0. The summed E-state index contributed by atoms with van der Waals surface area (Å²) in [5.74, 6) is -0.209. The van der Waals surface area contributed by atoms with Crippen LogP contribution in [0.3, 0.4) is 0 Å². The molecule has 0 aliphatic carbocycles. The second kappa shape index (κ2) is 4.87. The maximum absolute atomic E-state index is 13.0. The lowest BCUT2D eigenvalue weighted by Crippen LogP contribution is -1.82. The van der Waals surface area contributed by atoms with Crippen LogP contribution in [0.15, 0.2) is 35.7 Å². The van der Waals surface area contributed by atoms with Crippen LogP contribution in [0.5, 0.6) is 0 Å². The molecule has 0 bridgehead atoms. The molecule has 0 aliphatic rings. The first-order chi connectivity index (χ1) is 9.15. The smallest absolute Gasteiger partial charge is 0.123 e. The zero-order valence-electron chi connectivity index (χ0n) is 10.6. The quantitative estimate of drug-likeness (QED) is 0.624. The van der Waals surface area contributed by atoms with Gasteiger partial charge in [0.15, 0.2) is 0 Å². The summed E-state index contributed by atoms with van der Waals surface area (Å²) >= 11 is 3.35. The van der Waals surface area contributed by atoms with Gasteiger partial charge < -0.3 is 0 Å². The van der Waals surface area contributed by atoms with Crippen molar-refractivity contribution in [2.75, 3.05) is 0 Å². The van der Waals surface area contributed by atoms with E-state index in [4.69, 9.17) is 0 Å². The van der Waals surface area contributed by atoms with Gasteiger partial charge in [0.2, 0.25) is 0 Å². The molecule has 4 heteroatoms. The molecule has 0 saturated carbocycles. The van der Waals surface area contributed by atoms with Gasteiger partial charge in [-0.3, -0.25) is 0 Å². The van der Waals surface area contributed by atoms with Crippen LogP contribution in [-0.2, 0) is 0 Å². The van der Waals surface area contributed by atoms with E-state index in [2.05, 4.69) is 23.4 Å². The normalized spacial score (nSPS) is 10.9. The van der Waals surface area contributed by atoms with Crippen LogP contribution in [0.1, 0.15) is 10.6 Å². The molecule has 0 aliphatic heterocycles. The van der Waals surface area contributed by atoms with Gasteiger partial charge in [0, 0.05) is 0 Å². The highest BCUT2D eigenvalue weighted by molar-refractivity contribution is 7.17. The number of rotatable bonds is 2. The van der Waals surface area contributed by atoms with Crippen molar-refractivity contribution >= 4 is 22.7 Å². The Hall–Kier alpha value is -1.52. The van der Waals surface area contributed by atoms with Crippen LogP contribution >= 0.6 is 22.7 Å². The predicted octanol–water partition coefficient (Wildman–Crippen LogP) is 5.29. The van der Waals surface area contributed by atoms with Gasteiger partial charge in [0.1, 0.15) is 5.82 Å². The molecule has 0 unspecified atom stereocenters. The van der Waals surface area contributed by atoms with Gasteiger partial charge in [-0.25, -0.2) is 9.37 Å². The van der Waals surface area contributed by atoms with E-state index in [1.165, 1.54) is 22.6 Å². The zero-order chi connectivity index (χ0) is 13.4. The Balaban J connectivity index is 2.17. The number of hydrogen-bond acceptors (Lipinski definition) is 3. The zero-order valence-corrected chi connectivity index (χ0v) is 12.2. The summed E-state index contributed by atoms with van der Waals surface area (Å²) in [5.41, 5.74) is 3.27. The second-order valence-corrected chi connectivity index (χ2v) is 6.47. The fourth-order valence-electron chi connectivity index (χ4n) is 1.99. The fraction of sp³-hybridized carbons (Fsp3) is 0.133. The molecular weight excluding hydrogens is 277 g/mol. The molecule has 0 fully saturated rings. The number of aromatic nitrogens is 1. The molecule has 19 heavy (non-hydrogen) atoms. The van der Waals surface area contributed by atoms with Crippen molar-refractivity contribution in [3.05, 3.63) is 52.1 Å². The van der Waals surface area contributed by atoms with E-state index in [0.717, 1.165) is 21.1 Å². The van der Waals surface area contributed by atoms with Crippen LogP contribution in [0.25, 0.3) is 21.0 Å². The Morgan fingerprint density at radius 2 is 1.74 bits per heavy atom. The molecule has 2 aromatic heterocycles. The summed E-state index contributed by atoms with van der Waals surface area (Å²) in [6.45, 7) is 4.10. The minimum Gasteiger partial charge on any atom is -0.240 e. The molecule has 3 rings (SSSR count). The average molecular weight is 289 g/mol. The Kier molecular flexibility index (Phi) is 3.21. The molecule has 1 nitrogen and oxygen atoms in total. The predicted molar refractivity (Wildman–Crippen MR) is 80.3 cm³/mol. The first-order valence-corrected chi connectivity index (χ1v) is 7.62. The third-order valence-corrected chi connectivity index (χ3v) is 4.96. The van der Waals surface area contributed by atoms with Crippen molar-refractivity contribution in [1.29, 1.82) is 0 Å². The van der Waals surface area contributed by atoms with Gasteiger partial charge in [-0.05, 0) is 48.6 Å².